The van der Waals surface area contributed by atoms with Crippen molar-refractivity contribution in [1.82, 2.24) is 0 Å². The molecule has 5 N–H and O–H groups in total. The molecule has 0 aliphatic rings. The Morgan fingerprint density at radius 2 is 2.29 bits per heavy atom. The molecule has 1 unspecified atom stereocenters. The van der Waals surface area contributed by atoms with E-state index in [0.717, 1.165) is 0 Å². The summed E-state index contributed by atoms with van der Waals surface area (Å²) in [5, 5.41) is 8.56. The van der Waals surface area contributed by atoms with Crippen molar-refractivity contribution in [3.8, 4) is 0 Å². The summed E-state index contributed by atoms with van der Waals surface area (Å²) in [6.07, 6.45) is 0. The molecule has 0 spiro atoms. The molecule has 0 saturated carbocycles. The Balaban J connectivity index is 3.58. The van der Waals surface area contributed by atoms with E-state index >= 15 is 0 Å². The first-order chi connectivity index (χ1) is 3.12. The Morgan fingerprint density at radius 3 is 2.29 bits per heavy atom. The summed E-state index contributed by atoms with van der Waals surface area (Å²) in [5.74, 6) is -1.62. The number of aliphatic hydroxyl groups is 1. The number of aliphatic imine (C=N–C) groups is 1. The molecule has 0 rings (SSSR count). The van der Waals surface area contributed by atoms with E-state index in [2.05, 4.69) is 11.7 Å². The predicted molar refractivity (Wildman–Crippen MR) is 27.7 cm³/mol. The van der Waals surface area contributed by atoms with Crippen LogP contribution < -0.4 is 11.5 Å². The zero-order valence-electron chi connectivity index (χ0n) is 3.96. The maximum absolute atomic E-state index is 8.56. The van der Waals surface area contributed by atoms with Gasteiger partial charge in [0.1, 0.15) is 0 Å². The number of hydrogen-bond donors (Lipinski definition) is 3. The highest BCUT2D eigenvalue weighted by Crippen LogP contribution is 1.87. The number of rotatable bonds is 2. The molecule has 0 saturated heterocycles. The maximum atomic E-state index is 8.56. The largest absolute Gasteiger partial charge is 0.356 e. The van der Waals surface area contributed by atoms with Gasteiger partial charge in [-0.05, 0) is 6.72 Å². The summed E-state index contributed by atoms with van der Waals surface area (Å²) in [7, 11) is 0. The molecule has 0 aromatic rings. The van der Waals surface area contributed by atoms with E-state index < -0.39 is 5.85 Å². The Hall–Kier alpha value is -0.450. The molecule has 4 nitrogen and oxygen atoms in total. The molecular formula is C3H9N3O. The van der Waals surface area contributed by atoms with Crippen molar-refractivity contribution in [1.29, 1.82) is 0 Å². The second-order valence-corrected chi connectivity index (χ2v) is 1.24. The molecule has 0 aliphatic carbocycles. The number of hydrogen-bond acceptors (Lipinski definition) is 4. The SMILES string of the molecule is C=NC(N)(O)CN. The smallest absolute Gasteiger partial charge is 0.222 e. The maximum Gasteiger partial charge on any atom is 0.222 e. The lowest BCUT2D eigenvalue weighted by molar-refractivity contribution is 0.0671. The van der Waals surface area contributed by atoms with Crippen molar-refractivity contribution in [2.24, 2.45) is 16.5 Å². The Bertz CT molecular complexity index is 70.6. The molecule has 0 fully saturated rings. The van der Waals surface area contributed by atoms with E-state index in [4.69, 9.17) is 16.6 Å². The van der Waals surface area contributed by atoms with E-state index in [0.29, 0.717) is 0 Å². The molecule has 0 amide bonds. The molecule has 0 aliphatic heterocycles. The van der Waals surface area contributed by atoms with Gasteiger partial charge in [-0.1, -0.05) is 0 Å². The third-order valence-corrected chi connectivity index (χ3v) is 0.574. The highest BCUT2D eigenvalue weighted by molar-refractivity contribution is 5.24. The second kappa shape index (κ2) is 2.02. The molecule has 42 valence electrons. The fraction of sp³-hybridized carbons (Fsp3) is 0.667. The molecule has 0 radical (unpaired) electrons. The quantitative estimate of drug-likeness (QED) is 0.286. The average Bonchev–Trinajstić information content (AvgIpc) is 1.68. The normalized spacial score (nSPS) is 18.1. The van der Waals surface area contributed by atoms with Gasteiger partial charge in [0.2, 0.25) is 5.85 Å². The van der Waals surface area contributed by atoms with Crippen LogP contribution in [0.4, 0.5) is 0 Å². The Morgan fingerprint density at radius 1 is 1.86 bits per heavy atom. The van der Waals surface area contributed by atoms with Crippen LogP contribution in [0.3, 0.4) is 0 Å². The van der Waals surface area contributed by atoms with Crippen LogP contribution in [0, 0.1) is 0 Å². The first-order valence-electron chi connectivity index (χ1n) is 1.81. The van der Waals surface area contributed by atoms with Crippen molar-refractivity contribution < 1.29 is 5.11 Å². The predicted octanol–water partition coefficient (Wildman–Crippen LogP) is -1.75. The van der Waals surface area contributed by atoms with Gasteiger partial charge >= 0.3 is 0 Å². The molecule has 0 heterocycles. The first kappa shape index (κ1) is 6.55. The van der Waals surface area contributed by atoms with E-state index in [1.54, 1.807) is 0 Å². The summed E-state index contributed by atoms with van der Waals surface area (Å²) >= 11 is 0. The third-order valence-electron chi connectivity index (χ3n) is 0.574. The van der Waals surface area contributed by atoms with Crippen LogP contribution in [0.5, 0.6) is 0 Å². The van der Waals surface area contributed by atoms with Gasteiger partial charge in [0.15, 0.2) is 0 Å². The van der Waals surface area contributed by atoms with Crippen LogP contribution in [0.15, 0.2) is 4.99 Å². The first-order valence-corrected chi connectivity index (χ1v) is 1.81. The van der Waals surface area contributed by atoms with Gasteiger partial charge in [-0.3, -0.25) is 10.7 Å². The highest BCUT2D eigenvalue weighted by atomic mass is 16.3. The average molecular weight is 103 g/mol. The zero-order valence-corrected chi connectivity index (χ0v) is 3.96. The fourth-order valence-corrected chi connectivity index (χ4v) is 0.0645. The van der Waals surface area contributed by atoms with Crippen molar-refractivity contribution in [2.45, 2.75) is 5.85 Å². The number of nitrogens with zero attached hydrogens (tertiary/aromatic N) is 1. The van der Waals surface area contributed by atoms with Gasteiger partial charge in [0, 0.05) is 0 Å². The van der Waals surface area contributed by atoms with Crippen LogP contribution in [0.1, 0.15) is 0 Å². The van der Waals surface area contributed by atoms with Crippen LogP contribution in [0.25, 0.3) is 0 Å². The van der Waals surface area contributed by atoms with Gasteiger partial charge < -0.3 is 10.8 Å². The van der Waals surface area contributed by atoms with Gasteiger partial charge in [0.05, 0.1) is 6.54 Å². The standard InChI is InChI=1S/C3H9N3O/c1-6-3(5,7)2-4/h7H,1-2,4-5H2. The molecule has 0 bridgehead atoms. The summed E-state index contributed by atoms with van der Waals surface area (Å²) in [4.78, 5) is 3.10. The lowest BCUT2D eigenvalue weighted by Gasteiger charge is -2.12. The second-order valence-electron chi connectivity index (χ2n) is 1.24. The van der Waals surface area contributed by atoms with E-state index in [1.807, 2.05) is 0 Å². The van der Waals surface area contributed by atoms with Crippen molar-refractivity contribution >= 4 is 6.72 Å². The molecule has 1 atom stereocenters. The minimum atomic E-state index is -1.62. The monoisotopic (exact) mass is 103 g/mol. The Kier molecular flexibility index (Phi) is 1.89. The third kappa shape index (κ3) is 2.27. The van der Waals surface area contributed by atoms with E-state index in [1.165, 1.54) is 0 Å². The lowest BCUT2D eigenvalue weighted by atomic mass is 10.5. The fourth-order valence-electron chi connectivity index (χ4n) is 0.0645. The van der Waals surface area contributed by atoms with E-state index in [-0.39, 0.29) is 6.54 Å². The van der Waals surface area contributed by atoms with Crippen LogP contribution in [-0.4, -0.2) is 24.2 Å². The highest BCUT2D eigenvalue weighted by Gasteiger charge is 2.12. The molecule has 0 aromatic heterocycles. The minimum Gasteiger partial charge on any atom is -0.356 e. The molecular weight excluding hydrogens is 94.1 g/mol. The molecule has 0 aromatic carbocycles. The van der Waals surface area contributed by atoms with Crippen LogP contribution in [0.2, 0.25) is 0 Å². The summed E-state index contributed by atoms with van der Waals surface area (Å²) in [5.41, 5.74) is 9.82. The van der Waals surface area contributed by atoms with Crippen LogP contribution >= 0.6 is 0 Å². The Labute approximate surface area is 41.8 Å². The minimum absolute atomic E-state index is 0.101. The molecule has 4 heteroatoms. The van der Waals surface area contributed by atoms with Crippen molar-refractivity contribution in [2.75, 3.05) is 6.54 Å². The summed E-state index contributed by atoms with van der Waals surface area (Å²) in [6.45, 7) is 2.90. The van der Waals surface area contributed by atoms with Crippen molar-refractivity contribution in [3.05, 3.63) is 0 Å². The van der Waals surface area contributed by atoms with E-state index in [9.17, 15) is 0 Å². The van der Waals surface area contributed by atoms with Crippen LogP contribution in [-0.2, 0) is 0 Å². The van der Waals surface area contributed by atoms with Gasteiger partial charge in [-0.2, -0.15) is 0 Å². The number of nitrogens with two attached hydrogens (primary N) is 2. The molecule has 7 heavy (non-hydrogen) atoms. The van der Waals surface area contributed by atoms with Gasteiger partial charge in [-0.25, -0.2) is 0 Å². The van der Waals surface area contributed by atoms with Gasteiger partial charge in [0.25, 0.3) is 0 Å². The zero-order chi connectivity index (χ0) is 5.91. The topological polar surface area (TPSA) is 84.6 Å². The van der Waals surface area contributed by atoms with Crippen molar-refractivity contribution in [3.63, 3.8) is 0 Å². The van der Waals surface area contributed by atoms with Gasteiger partial charge in [-0.15, -0.1) is 0 Å². The lowest BCUT2D eigenvalue weighted by Crippen LogP contribution is -2.44. The summed E-state index contributed by atoms with van der Waals surface area (Å²) < 4.78 is 0. The summed E-state index contributed by atoms with van der Waals surface area (Å²) in [6, 6.07) is 0.